The Morgan fingerprint density at radius 1 is 1.56 bits per heavy atom. The van der Waals surface area contributed by atoms with Crippen LogP contribution < -0.4 is 10.6 Å². The van der Waals surface area contributed by atoms with Crippen molar-refractivity contribution in [1.82, 2.24) is 10.6 Å². The number of rotatable bonds is 3. The monoisotopic (exact) mass is 248 g/mol. The maximum absolute atomic E-state index is 11.7. The van der Waals surface area contributed by atoms with Gasteiger partial charge in [0.25, 0.3) is 0 Å². The summed E-state index contributed by atoms with van der Waals surface area (Å²) < 4.78 is 5.38. The van der Waals surface area contributed by atoms with Gasteiger partial charge >= 0.3 is 0 Å². The highest BCUT2D eigenvalue weighted by atomic mass is 35.5. The van der Waals surface area contributed by atoms with Gasteiger partial charge in [-0.2, -0.15) is 0 Å². The molecule has 2 N–H and O–H groups in total. The minimum Gasteiger partial charge on any atom is -0.366 e. The fourth-order valence-electron chi connectivity index (χ4n) is 2.11. The van der Waals surface area contributed by atoms with Gasteiger partial charge in [0.15, 0.2) is 0 Å². The van der Waals surface area contributed by atoms with Gasteiger partial charge in [0.1, 0.15) is 6.10 Å². The molecule has 0 spiro atoms. The Hall–Kier alpha value is -0.320. The summed E-state index contributed by atoms with van der Waals surface area (Å²) in [4.78, 5) is 11.7. The quantitative estimate of drug-likeness (QED) is 0.773. The second-order valence-electron chi connectivity index (χ2n) is 4.95. The number of halogens is 1. The Bertz CT molecular complexity index is 238. The molecule has 0 radical (unpaired) electrons. The largest absolute Gasteiger partial charge is 0.366 e. The minimum absolute atomic E-state index is 0. The number of morpholine rings is 1. The molecule has 0 bridgehead atoms. The highest BCUT2D eigenvalue weighted by Gasteiger charge is 2.33. The molecule has 16 heavy (non-hydrogen) atoms. The highest BCUT2D eigenvalue weighted by Crippen LogP contribution is 2.39. The van der Waals surface area contributed by atoms with Crippen LogP contribution in [0.15, 0.2) is 0 Å². The van der Waals surface area contributed by atoms with Crippen molar-refractivity contribution in [2.45, 2.75) is 32.3 Å². The van der Waals surface area contributed by atoms with Gasteiger partial charge < -0.3 is 15.4 Å². The van der Waals surface area contributed by atoms with Gasteiger partial charge in [0.2, 0.25) is 5.91 Å². The first-order valence-corrected chi connectivity index (χ1v) is 5.80. The predicted octanol–water partition coefficient (Wildman–Crippen LogP) is 0.703. The SMILES string of the molecule is CC1(CNC(=O)C2CNCCO2)CCC1.Cl. The maximum Gasteiger partial charge on any atom is 0.250 e. The van der Waals surface area contributed by atoms with Crippen LogP contribution in [0.2, 0.25) is 0 Å². The lowest BCUT2D eigenvalue weighted by Gasteiger charge is -2.38. The number of hydrogen-bond donors (Lipinski definition) is 2. The van der Waals surface area contributed by atoms with E-state index in [1.165, 1.54) is 19.3 Å². The average molecular weight is 249 g/mol. The lowest BCUT2D eigenvalue weighted by molar-refractivity contribution is -0.135. The van der Waals surface area contributed by atoms with Crippen molar-refractivity contribution < 1.29 is 9.53 Å². The van der Waals surface area contributed by atoms with Gasteiger partial charge in [-0.05, 0) is 18.3 Å². The molecule has 0 aromatic heterocycles. The molecule has 1 aliphatic heterocycles. The average Bonchev–Trinajstić information content (AvgIpc) is 2.24. The van der Waals surface area contributed by atoms with E-state index in [4.69, 9.17) is 4.74 Å². The molecule has 0 aromatic carbocycles. The number of nitrogens with one attached hydrogen (secondary N) is 2. The summed E-state index contributed by atoms with van der Waals surface area (Å²) in [6, 6.07) is 0. The molecule has 1 unspecified atom stereocenters. The molecule has 4 nitrogen and oxygen atoms in total. The lowest BCUT2D eigenvalue weighted by atomic mass is 9.70. The third kappa shape index (κ3) is 3.34. The van der Waals surface area contributed by atoms with E-state index in [1.54, 1.807) is 0 Å². The number of hydrogen-bond acceptors (Lipinski definition) is 3. The fourth-order valence-corrected chi connectivity index (χ4v) is 2.11. The maximum atomic E-state index is 11.7. The zero-order valence-corrected chi connectivity index (χ0v) is 10.6. The summed E-state index contributed by atoms with van der Waals surface area (Å²) in [6.07, 6.45) is 3.48. The van der Waals surface area contributed by atoms with Crippen LogP contribution in [-0.2, 0) is 9.53 Å². The van der Waals surface area contributed by atoms with Crippen LogP contribution in [0, 0.1) is 5.41 Å². The second kappa shape index (κ2) is 5.84. The predicted molar refractivity (Wildman–Crippen MR) is 64.8 cm³/mol. The van der Waals surface area contributed by atoms with Crippen molar-refractivity contribution in [2.75, 3.05) is 26.2 Å². The van der Waals surface area contributed by atoms with Crippen LogP contribution >= 0.6 is 12.4 Å². The molecule has 5 heteroatoms. The van der Waals surface area contributed by atoms with Crippen molar-refractivity contribution in [3.63, 3.8) is 0 Å². The Kier molecular flexibility index (Phi) is 5.02. The van der Waals surface area contributed by atoms with Crippen molar-refractivity contribution in [2.24, 2.45) is 5.41 Å². The molecular formula is C11H21ClN2O2. The summed E-state index contributed by atoms with van der Waals surface area (Å²) in [5.74, 6) is 0.0373. The first kappa shape index (κ1) is 13.7. The van der Waals surface area contributed by atoms with E-state index in [9.17, 15) is 4.79 Å². The summed E-state index contributed by atoms with van der Waals surface area (Å²) in [5.41, 5.74) is 0.345. The zero-order valence-electron chi connectivity index (χ0n) is 9.75. The molecule has 1 saturated carbocycles. The van der Waals surface area contributed by atoms with Crippen molar-refractivity contribution in [3.8, 4) is 0 Å². The van der Waals surface area contributed by atoms with Crippen LogP contribution in [0.5, 0.6) is 0 Å². The zero-order chi connectivity index (χ0) is 10.7. The first-order chi connectivity index (χ1) is 7.20. The Morgan fingerprint density at radius 3 is 2.81 bits per heavy atom. The molecule has 1 heterocycles. The van der Waals surface area contributed by atoms with Gasteiger partial charge in [0, 0.05) is 19.6 Å². The van der Waals surface area contributed by atoms with Crippen LogP contribution in [0.4, 0.5) is 0 Å². The molecule has 1 atom stereocenters. The standard InChI is InChI=1S/C11H20N2O2.ClH/c1-11(3-2-4-11)8-13-10(14)9-7-12-5-6-15-9;/h9,12H,2-8H2,1H3,(H,13,14);1H. The molecule has 2 fully saturated rings. The van der Waals surface area contributed by atoms with Gasteiger partial charge in [0.05, 0.1) is 6.61 Å². The number of amides is 1. The molecule has 2 rings (SSSR count). The topological polar surface area (TPSA) is 50.4 Å². The van der Waals surface area contributed by atoms with Crippen LogP contribution in [0.3, 0.4) is 0 Å². The van der Waals surface area contributed by atoms with Crippen LogP contribution in [0.25, 0.3) is 0 Å². The van der Waals surface area contributed by atoms with Gasteiger partial charge in [-0.1, -0.05) is 13.3 Å². The van der Waals surface area contributed by atoms with Gasteiger partial charge in [-0.15, -0.1) is 12.4 Å². The third-order valence-corrected chi connectivity index (χ3v) is 3.47. The molecule has 1 aliphatic carbocycles. The molecule has 1 saturated heterocycles. The van der Waals surface area contributed by atoms with E-state index >= 15 is 0 Å². The summed E-state index contributed by atoms with van der Waals surface area (Å²) in [5, 5.41) is 6.15. The van der Waals surface area contributed by atoms with E-state index < -0.39 is 0 Å². The number of ether oxygens (including phenoxy) is 1. The smallest absolute Gasteiger partial charge is 0.250 e. The summed E-state index contributed by atoms with van der Waals surface area (Å²) in [7, 11) is 0. The van der Waals surface area contributed by atoms with E-state index in [1.807, 2.05) is 0 Å². The number of carbonyl (C=O) groups is 1. The Morgan fingerprint density at radius 2 is 2.31 bits per heavy atom. The van der Waals surface area contributed by atoms with Gasteiger partial charge in [-0.3, -0.25) is 4.79 Å². The van der Waals surface area contributed by atoms with Crippen molar-refractivity contribution in [1.29, 1.82) is 0 Å². The van der Waals surface area contributed by atoms with Crippen LogP contribution in [-0.4, -0.2) is 38.3 Å². The molecule has 2 aliphatic rings. The Labute approximate surface area is 103 Å². The lowest BCUT2D eigenvalue weighted by Crippen LogP contribution is -2.50. The van der Waals surface area contributed by atoms with Crippen molar-refractivity contribution in [3.05, 3.63) is 0 Å². The van der Waals surface area contributed by atoms with E-state index in [2.05, 4.69) is 17.6 Å². The van der Waals surface area contributed by atoms with E-state index in [0.29, 0.717) is 18.6 Å². The normalized spacial score (nSPS) is 27.4. The van der Waals surface area contributed by atoms with E-state index in [-0.39, 0.29) is 24.4 Å². The molecule has 94 valence electrons. The van der Waals surface area contributed by atoms with E-state index in [0.717, 1.165) is 13.1 Å². The minimum atomic E-state index is -0.289. The summed E-state index contributed by atoms with van der Waals surface area (Å²) >= 11 is 0. The second-order valence-corrected chi connectivity index (χ2v) is 4.95. The third-order valence-electron chi connectivity index (χ3n) is 3.47. The fraction of sp³-hybridized carbons (Fsp3) is 0.909. The number of carbonyl (C=O) groups excluding carboxylic acids is 1. The van der Waals surface area contributed by atoms with Crippen LogP contribution in [0.1, 0.15) is 26.2 Å². The summed E-state index contributed by atoms with van der Waals surface area (Å²) in [6.45, 7) is 5.15. The highest BCUT2D eigenvalue weighted by molar-refractivity contribution is 5.85. The van der Waals surface area contributed by atoms with Gasteiger partial charge in [-0.25, -0.2) is 0 Å². The van der Waals surface area contributed by atoms with Crippen molar-refractivity contribution >= 4 is 18.3 Å². The first-order valence-electron chi connectivity index (χ1n) is 5.80. The Balaban J connectivity index is 0.00000128. The molecule has 1 amide bonds. The molecular weight excluding hydrogens is 228 g/mol. The molecule has 0 aromatic rings.